The first-order valence-electron chi connectivity index (χ1n) is 4.10. The molecule has 0 aromatic carbocycles. The Balaban J connectivity index is 4.54. The second-order valence-corrected chi connectivity index (χ2v) is 4.35. The van der Waals surface area contributed by atoms with E-state index in [1.165, 1.54) is 0 Å². The molecule has 0 atom stereocenters. The van der Waals surface area contributed by atoms with Crippen LogP contribution in [-0.2, 0) is 0 Å². The fourth-order valence-electron chi connectivity index (χ4n) is 1.46. The van der Waals surface area contributed by atoms with Crippen LogP contribution >= 0.6 is 23.2 Å². The lowest BCUT2D eigenvalue weighted by Gasteiger charge is -2.38. The summed E-state index contributed by atoms with van der Waals surface area (Å²) in [6.45, 7) is 6.21. The van der Waals surface area contributed by atoms with E-state index in [1.807, 2.05) is 0 Å². The third kappa shape index (κ3) is 2.24. The van der Waals surface area contributed by atoms with Crippen LogP contribution in [0.5, 0.6) is 0 Å². The third-order valence-electron chi connectivity index (χ3n) is 2.74. The quantitative estimate of drug-likeness (QED) is 0.544. The van der Waals surface area contributed by atoms with E-state index in [9.17, 15) is 0 Å². The second-order valence-electron chi connectivity index (χ2n) is 2.96. The van der Waals surface area contributed by atoms with Gasteiger partial charge in [0.2, 0.25) is 0 Å². The molecule has 3 heteroatoms. The molecule has 0 aliphatic carbocycles. The average Bonchev–Trinajstić information content (AvgIpc) is 1.90. The van der Waals surface area contributed by atoms with Gasteiger partial charge < -0.3 is 0 Å². The predicted molar refractivity (Wildman–Crippen MR) is 51.9 cm³/mol. The van der Waals surface area contributed by atoms with Gasteiger partial charge in [-0.1, -0.05) is 44.0 Å². The van der Waals surface area contributed by atoms with E-state index in [0.29, 0.717) is 0 Å². The molecule has 0 fully saturated rings. The fraction of sp³-hybridized carbons (Fsp3) is 1.00. The molecule has 1 nitrogen and oxygen atoms in total. The summed E-state index contributed by atoms with van der Waals surface area (Å²) in [5.41, 5.74) is 5.55. The number of hydrogen-bond donors (Lipinski definition) is 1. The molecule has 0 unspecified atom stereocenters. The molecule has 0 bridgehead atoms. The van der Waals surface area contributed by atoms with Crippen molar-refractivity contribution in [3.8, 4) is 0 Å². The van der Waals surface area contributed by atoms with E-state index in [-0.39, 0.29) is 5.41 Å². The van der Waals surface area contributed by atoms with Crippen molar-refractivity contribution in [2.45, 2.75) is 44.5 Å². The Kier molecular flexibility index (Phi) is 4.17. The molecule has 0 aliphatic rings. The van der Waals surface area contributed by atoms with Crippen molar-refractivity contribution in [1.82, 2.24) is 0 Å². The Morgan fingerprint density at radius 1 is 1.00 bits per heavy atom. The Bertz CT molecular complexity index is 105. The number of hydrogen-bond acceptors (Lipinski definition) is 1. The zero-order valence-electron chi connectivity index (χ0n) is 7.45. The van der Waals surface area contributed by atoms with Crippen molar-refractivity contribution in [2.75, 3.05) is 0 Å². The maximum Gasteiger partial charge on any atom is 0.171 e. The summed E-state index contributed by atoms with van der Waals surface area (Å²) < 4.78 is -1.09. The van der Waals surface area contributed by atoms with Crippen molar-refractivity contribution in [3.63, 3.8) is 0 Å². The number of halogens is 2. The van der Waals surface area contributed by atoms with Gasteiger partial charge in [-0.25, -0.2) is 0 Å². The molecule has 0 rings (SSSR count). The summed E-state index contributed by atoms with van der Waals surface area (Å²) in [6.07, 6.45) is 2.76. The lowest BCUT2D eigenvalue weighted by molar-refractivity contribution is 0.216. The van der Waals surface area contributed by atoms with Crippen molar-refractivity contribution in [2.24, 2.45) is 11.1 Å². The van der Waals surface area contributed by atoms with Crippen LogP contribution in [0.3, 0.4) is 0 Å². The highest BCUT2D eigenvalue weighted by Gasteiger charge is 2.42. The smallest absolute Gasteiger partial charge is 0.171 e. The van der Waals surface area contributed by atoms with Crippen molar-refractivity contribution in [1.29, 1.82) is 0 Å². The predicted octanol–water partition coefficient (Wildman–Crippen LogP) is 3.29. The topological polar surface area (TPSA) is 26.0 Å². The summed E-state index contributed by atoms with van der Waals surface area (Å²) in [7, 11) is 0. The van der Waals surface area contributed by atoms with Gasteiger partial charge in [0, 0.05) is 5.41 Å². The third-order valence-corrected chi connectivity index (χ3v) is 3.54. The minimum atomic E-state index is -1.09. The molecule has 0 heterocycles. The Hall–Kier alpha value is 0.540. The summed E-state index contributed by atoms with van der Waals surface area (Å²) in [4.78, 5) is 0. The Labute approximate surface area is 79.2 Å². The maximum absolute atomic E-state index is 5.90. The zero-order valence-corrected chi connectivity index (χ0v) is 8.97. The van der Waals surface area contributed by atoms with Crippen molar-refractivity contribution in [3.05, 3.63) is 0 Å². The van der Waals surface area contributed by atoms with Crippen LogP contribution in [-0.4, -0.2) is 4.46 Å². The van der Waals surface area contributed by atoms with Gasteiger partial charge in [-0.15, -0.1) is 0 Å². The largest absolute Gasteiger partial charge is 0.300 e. The minimum absolute atomic E-state index is 0.129. The first-order valence-corrected chi connectivity index (χ1v) is 4.85. The SMILES string of the molecule is CCC(CC)(CC)C(N)(Cl)Cl. The molecule has 11 heavy (non-hydrogen) atoms. The Morgan fingerprint density at radius 2 is 1.27 bits per heavy atom. The summed E-state index contributed by atoms with van der Waals surface area (Å²) in [5, 5.41) is 0. The molecule has 0 saturated heterocycles. The standard InChI is InChI=1S/C8H17Cl2N/c1-4-7(5-2,6-3)8(9,10)11/h4-6,11H2,1-3H3. The van der Waals surface area contributed by atoms with Gasteiger partial charge in [0.25, 0.3) is 0 Å². The summed E-state index contributed by atoms with van der Waals surface area (Å²) >= 11 is 11.8. The van der Waals surface area contributed by atoms with Crippen LogP contribution in [0.4, 0.5) is 0 Å². The van der Waals surface area contributed by atoms with E-state index >= 15 is 0 Å². The van der Waals surface area contributed by atoms with Gasteiger partial charge in [-0.3, -0.25) is 5.73 Å². The highest BCUT2D eigenvalue weighted by molar-refractivity contribution is 6.48. The molecular weight excluding hydrogens is 181 g/mol. The van der Waals surface area contributed by atoms with Gasteiger partial charge >= 0.3 is 0 Å². The number of nitrogens with two attached hydrogens (primary N) is 1. The van der Waals surface area contributed by atoms with E-state index < -0.39 is 4.46 Å². The molecule has 0 radical (unpaired) electrons. The minimum Gasteiger partial charge on any atom is -0.300 e. The molecule has 0 aromatic heterocycles. The van der Waals surface area contributed by atoms with Crippen LogP contribution in [0.25, 0.3) is 0 Å². The molecule has 0 saturated carbocycles. The zero-order chi connectivity index (χ0) is 9.12. The molecule has 2 N–H and O–H groups in total. The van der Waals surface area contributed by atoms with E-state index in [0.717, 1.165) is 19.3 Å². The fourth-order valence-corrected chi connectivity index (χ4v) is 2.26. The van der Waals surface area contributed by atoms with Crippen LogP contribution in [0, 0.1) is 5.41 Å². The lowest BCUT2D eigenvalue weighted by Crippen LogP contribution is -2.45. The van der Waals surface area contributed by atoms with E-state index in [1.54, 1.807) is 0 Å². The molecule has 68 valence electrons. The molecule has 0 spiro atoms. The molecule has 0 aliphatic heterocycles. The first kappa shape index (κ1) is 11.5. The molecular formula is C8H17Cl2N. The van der Waals surface area contributed by atoms with Crippen LogP contribution in [0.15, 0.2) is 0 Å². The van der Waals surface area contributed by atoms with E-state index in [2.05, 4.69) is 20.8 Å². The summed E-state index contributed by atoms with van der Waals surface area (Å²) in [6, 6.07) is 0. The van der Waals surface area contributed by atoms with Crippen molar-refractivity contribution < 1.29 is 0 Å². The van der Waals surface area contributed by atoms with Gasteiger partial charge in [0.05, 0.1) is 0 Å². The van der Waals surface area contributed by atoms with Gasteiger partial charge in [0.1, 0.15) is 0 Å². The molecule has 0 aromatic rings. The van der Waals surface area contributed by atoms with Gasteiger partial charge in [0.15, 0.2) is 4.46 Å². The first-order chi connectivity index (χ1) is 4.93. The maximum atomic E-state index is 5.90. The van der Waals surface area contributed by atoms with Crippen LogP contribution in [0.2, 0.25) is 0 Å². The molecule has 0 amide bonds. The highest BCUT2D eigenvalue weighted by atomic mass is 35.5. The monoisotopic (exact) mass is 197 g/mol. The highest BCUT2D eigenvalue weighted by Crippen LogP contribution is 2.44. The second kappa shape index (κ2) is 3.97. The normalized spacial score (nSPS) is 13.6. The van der Waals surface area contributed by atoms with Gasteiger partial charge in [-0.2, -0.15) is 0 Å². The number of rotatable bonds is 4. The van der Waals surface area contributed by atoms with Gasteiger partial charge in [-0.05, 0) is 19.3 Å². The Morgan fingerprint density at radius 3 is 1.27 bits per heavy atom. The lowest BCUT2D eigenvalue weighted by atomic mass is 9.79. The van der Waals surface area contributed by atoms with Crippen molar-refractivity contribution >= 4 is 23.2 Å². The van der Waals surface area contributed by atoms with Crippen LogP contribution in [0.1, 0.15) is 40.0 Å². The van der Waals surface area contributed by atoms with E-state index in [4.69, 9.17) is 28.9 Å². The van der Waals surface area contributed by atoms with Crippen LogP contribution < -0.4 is 5.73 Å². The summed E-state index contributed by atoms with van der Waals surface area (Å²) in [5.74, 6) is 0. The number of alkyl halides is 2. The average molecular weight is 198 g/mol.